The van der Waals surface area contributed by atoms with Crippen LogP contribution in [0.4, 0.5) is 0 Å². The molecule has 2 aliphatic rings. The van der Waals surface area contributed by atoms with Crippen LogP contribution in [0.1, 0.15) is 69.3 Å². The van der Waals surface area contributed by atoms with Crippen LogP contribution in [0.5, 0.6) is 0 Å². The molecule has 5 N–H and O–H groups in total. The Hall–Kier alpha value is -4.16. The minimum absolute atomic E-state index is 0.0909. The maximum Gasteiger partial charge on any atom is 0.323 e. The summed E-state index contributed by atoms with van der Waals surface area (Å²) in [7, 11) is 0. The first-order chi connectivity index (χ1) is 24.8. The van der Waals surface area contributed by atoms with Crippen molar-refractivity contribution in [2.75, 3.05) is 26.2 Å². The molecule has 52 heavy (non-hydrogen) atoms. The molecule has 2 amide bonds. The van der Waals surface area contributed by atoms with Crippen LogP contribution in [0.25, 0.3) is 0 Å². The largest absolute Gasteiger partial charge is 0.458 e. The Morgan fingerprint density at radius 1 is 1.00 bits per heavy atom. The number of nitrogens with one attached hydrogen (secondary N) is 2. The molecule has 0 radical (unpaired) electrons. The quantitative estimate of drug-likeness (QED) is 0.185. The fourth-order valence-electron chi connectivity index (χ4n) is 7.16. The molecule has 2 heterocycles. The lowest BCUT2D eigenvalue weighted by atomic mass is 9.91. The molecule has 1 fully saturated rings. The first kappa shape index (κ1) is 39.1. The third kappa shape index (κ3) is 10.7. The van der Waals surface area contributed by atoms with Crippen LogP contribution >= 0.6 is 0 Å². The number of ether oxygens (including phenoxy) is 1. The minimum Gasteiger partial charge on any atom is -0.458 e. The van der Waals surface area contributed by atoms with E-state index in [0.717, 1.165) is 28.8 Å². The van der Waals surface area contributed by atoms with Gasteiger partial charge in [-0.15, -0.1) is 0 Å². The molecular weight excluding hydrogens is 656 g/mol. The molecule has 11 heteroatoms. The molecular formula is C41H56N6O5. The number of hydrogen-bond donors (Lipinski definition) is 4. The second-order valence-electron chi connectivity index (χ2n) is 15.8. The number of β-amino-alcohol motifs (C(OH)–C–C–N with tert-alkyl or cyclic N) is 1. The van der Waals surface area contributed by atoms with E-state index >= 15 is 0 Å². The van der Waals surface area contributed by atoms with Crippen LogP contribution in [0.2, 0.25) is 0 Å². The van der Waals surface area contributed by atoms with E-state index in [2.05, 4.69) is 20.5 Å². The van der Waals surface area contributed by atoms with Gasteiger partial charge in [-0.1, -0.05) is 74.5 Å². The third-order valence-corrected chi connectivity index (χ3v) is 9.94. The molecule has 0 saturated carbocycles. The highest BCUT2D eigenvalue weighted by Gasteiger charge is 2.40. The Labute approximate surface area is 308 Å². The normalized spacial score (nSPS) is 21.2. The van der Waals surface area contributed by atoms with E-state index in [1.165, 1.54) is 0 Å². The molecule has 0 bridgehead atoms. The number of benzene rings is 2. The number of carbonyl (C=O) groups is 3. The molecule has 11 nitrogen and oxygen atoms in total. The van der Waals surface area contributed by atoms with Gasteiger partial charge in [-0.25, -0.2) is 0 Å². The van der Waals surface area contributed by atoms with E-state index in [1.54, 1.807) is 6.20 Å². The number of carbonyl (C=O) groups excluding carboxylic acids is 3. The third-order valence-electron chi connectivity index (χ3n) is 9.94. The van der Waals surface area contributed by atoms with E-state index in [0.29, 0.717) is 32.5 Å². The summed E-state index contributed by atoms with van der Waals surface area (Å²) in [5.41, 5.74) is 9.67. The number of aliphatic hydroxyl groups excluding tert-OH is 1. The number of rotatable bonds is 14. The fourth-order valence-corrected chi connectivity index (χ4v) is 7.16. The first-order valence-electron chi connectivity index (χ1n) is 18.5. The van der Waals surface area contributed by atoms with Crippen molar-refractivity contribution in [3.05, 3.63) is 101 Å². The van der Waals surface area contributed by atoms with Gasteiger partial charge in [-0.3, -0.25) is 29.2 Å². The number of fused-ring (bicyclic) bond motifs is 1. The Bertz CT molecular complexity index is 1630. The van der Waals surface area contributed by atoms with Crippen molar-refractivity contribution >= 4 is 17.8 Å². The van der Waals surface area contributed by atoms with Crippen molar-refractivity contribution in [2.24, 2.45) is 17.6 Å². The Morgan fingerprint density at radius 3 is 2.40 bits per heavy atom. The van der Waals surface area contributed by atoms with E-state index in [9.17, 15) is 19.5 Å². The van der Waals surface area contributed by atoms with Gasteiger partial charge in [0.25, 0.3) is 0 Å². The number of amides is 2. The van der Waals surface area contributed by atoms with Crippen molar-refractivity contribution < 1.29 is 24.2 Å². The average molecular weight is 713 g/mol. The van der Waals surface area contributed by atoms with Gasteiger partial charge in [0.2, 0.25) is 11.8 Å². The zero-order valence-electron chi connectivity index (χ0n) is 31.2. The van der Waals surface area contributed by atoms with Crippen LogP contribution in [0, 0.1) is 11.8 Å². The molecule has 1 unspecified atom stereocenters. The van der Waals surface area contributed by atoms with Crippen molar-refractivity contribution in [1.29, 1.82) is 0 Å². The second-order valence-corrected chi connectivity index (χ2v) is 15.8. The highest BCUT2D eigenvalue weighted by molar-refractivity contribution is 5.83. The highest BCUT2D eigenvalue weighted by Crippen LogP contribution is 2.34. The van der Waals surface area contributed by atoms with Gasteiger partial charge < -0.3 is 26.2 Å². The Morgan fingerprint density at radius 2 is 1.71 bits per heavy atom. The van der Waals surface area contributed by atoms with Crippen LogP contribution < -0.4 is 16.4 Å². The lowest BCUT2D eigenvalue weighted by Crippen LogP contribution is -2.61. The maximum atomic E-state index is 14.3. The van der Waals surface area contributed by atoms with Crippen LogP contribution in [-0.2, 0) is 38.5 Å². The Kier molecular flexibility index (Phi) is 13.2. The number of aliphatic hydroxyl groups is 1. The van der Waals surface area contributed by atoms with Crippen LogP contribution in [0.3, 0.4) is 0 Å². The number of nitrogens with two attached hydrogens (primary N) is 1. The minimum atomic E-state index is -0.886. The molecule has 6 atom stereocenters. The number of pyridine rings is 1. The topological polar surface area (TPSA) is 150 Å². The van der Waals surface area contributed by atoms with Gasteiger partial charge >= 0.3 is 5.97 Å². The molecule has 1 aliphatic heterocycles. The maximum absolute atomic E-state index is 14.3. The molecule has 2 aromatic carbocycles. The van der Waals surface area contributed by atoms with Gasteiger partial charge in [0.05, 0.1) is 12.1 Å². The van der Waals surface area contributed by atoms with E-state index in [4.69, 9.17) is 10.5 Å². The van der Waals surface area contributed by atoms with Gasteiger partial charge in [-0.2, -0.15) is 0 Å². The van der Waals surface area contributed by atoms with Gasteiger partial charge in [-0.05, 0) is 67.9 Å². The molecule has 0 spiro atoms. The van der Waals surface area contributed by atoms with Crippen molar-refractivity contribution in [1.82, 2.24) is 25.4 Å². The van der Waals surface area contributed by atoms with Gasteiger partial charge in [0.15, 0.2) is 0 Å². The monoisotopic (exact) mass is 712 g/mol. The first-order valence-corrected chi connectivity index (χ1v) is 18.5. The standard InChI is InChI=1S/C41H56N6O5/c1-27(2)36(42)40(51)52-35-22-30-15-9-10-16-33(30)37(35)44-38(49)31(20-28-12-7-6-8-13-28)21-32(48)25-47-19-18-46(24-29-14-11-17-43-23-29)26-34(47)39(50)45-41(3,4)5/h6-17,23,27,31-32,34-37,48H,18-22,24-26,42H2,1-5H3,(H,44,49)(H,45,50)/t31-,32+,34+,35-,36?,37+/m1/s1. The van der Waals surface area contributed by atoms with Crippen LogP contribution in [-0.4, -0.2) is 93.7 Å². The van der Waals surface area contributed by atoms with Crippen molar-refractivity contribution in [3.8, 4) is 0 Å². The summed E-state index contributed by atoms with van der Waals surface area (Å²) in [5, 5.41) is 18.0. The summed E-state index contributed by atoms with van der Waals surface area (Å²) in [5.74, 6) is -1.50. The molecule has 1 aliphatic carbocycles. The summed E-state index contributed by atoms with van der Waals surface area (Å²) in [6, 6.07) is 19.7. The summed E-state index contributed by atoms with van der Waals surface area (Å²) in [4.78, 5) is 49.5. The molecule has 280 valence electrons. The summed E-state index contributed by atoms with van der Waals surface area (Å²) in [6.07, 6.45) is 3.16. The van der Waals surface area contributed by atoms with E-state index in [1.807, 2.05) is 112 Å². The predicted octanol–water partition coefficient (Wildman–Crippen LogP) is 3.40. The van der Waals surface area contributed by atoms with Gasteiger partial charge in [0.1, 0.15) is 18.2 Å². The SMILES string of the molecule is CC(C)C(N)C(=O)O[C@@H]1Cc2ccccc2[C@@H]1NC(=O)[C@H](Cc1ccccc1)C[C@H](O)CN1CCN(Cc2cccnc2)C[C@H]1C(=O)NC(C)(C)C. The zero-order valence-corrected chi connectivity index (χ0v) is 31.2. The summed E-state index contributed by atoms with van der Waals surface area (Å²) in [6.45, 7) is 12.3. The summed E-state index contributed by atoms with van der Waals surface area (Å²) >= 11 is 0. The molecule has 5 rings (SSSR count). The fraction of sp³-hybridized carbons (Fsp3) is 0.512. The number of nitrogens with zero attached hydrogens (tertiary/aromatic N) is 3. The number of aromatic nitrogens is 1. The van der Waals surface area contributed by atoms with E-state index < -0.39 is 47.8 Å². The number of esters is 1. The highest BCUT2D eigenvalue weighted by atomic mass is 16.5. The lowest BCUT2D eigenvalue weighted by Gasteiger charge is -2.42. The van der Waals surface area contributed by atoms with Crippen molar-refractivity contribution in [2.45, 2.75) is 96.3 Å². The summed E-state index contributed by atoms with van der Waals surface area (Å²) < 4.78 is 5.94. The van der Waals surface area contributed by atoms with Gasteiger partial charge in [0, 0.05) is 63.0 Å². The Balaban J connectivity index is 1.32. The zero-order chi connectivity index (χ0) is 37.4. The number of piperazine rings is 1. The molecule has 1 saturated heterocycles. The molecule has 1 aromatic heterocycles. The predicted molar refractivity (Wildman–Crippen MR) is 201 cm³/mol. The smallest absolute Gasteiger partial charge is 0.323 e. The second kappa shape index (κ2) is 17.6. The van der Waals surface area contributed by atoms with Crippen molar-refractivity contribution in [3.63, 3.8) is 0 Å². The molecule has 3 aromatic rings. The number of hydrogen-bond acceptors (Lipinski definition) is 9. The van der Waals surface area contributed by atoms with E-state index in [-0.39, 0.29) is 30.7 Å². The average Bonchev–Trinajstić information content (AvgIpc) is 3.44. The van der Waals surface area contributed by atoms with Crippen LogP contribution in [0.15, 0.2) is 79.1 Å². The lowest BCUT2D eigenvalue weighted by molar-refractivity contribution is -0.153.